The summed E-state index contributed by atoms with van der Waals surface area (Å²) in [6, 6.07) is 0.221. The predicted octanol–water partition coefficient (Wildman–Crippen LogP) is 2.19. The van der Waals surface area contributed by atoms with Crippen molar-refractivity contribution < 1.29 is 9.53 Å². The van der Waals surface area contributed by atoms with Crippen LogP contribution in [-0.2, 0) is 9.53 Å². The van der Waals surface area contributed by atoms with Gasteiger partial charge in [-0.15, -0.1) is 0 Å². The van der Waals surface area contributed by atoms with Crippen molar-refractivity contribution in [3.05, 3.63) is 0 Å². The van der Waals surface area contributed by atoms with Crippen molar-refractivity contribution in [3.63, 3.8) is 0 Å². The van der Waals surface area contributed by atoms with Crippen LogP contribution in [0.15, 0.2) is 0 Å². The summed E-state index contributed by atoms with van der Waals surface area (Å²) < 4.78 is 5.43. The third kappa shape index (κ3) is 2.28. The van der Waals surface area contributed by atoms with E-state index in [1.54, 1.807) is 0 Å². The Labute approximate surface area is 106 Å². The summed E-state index contributed by atoms with van der Waals surface area (Å²) in [7, 11) is 0. The molecule has 1 amide bonds. The fourth-order valence-electron chi connectivity index (χ4n) is 2.77. The molecule has 0 spiro atoms. The summed E-state index contributed by atoms with van der Waals surface area (Å²) in [5.41, 5.74) is -0.0994. The van der Waals surface area contributed by atoms with E-state index in [4.69, 9.17) is 4.74 Å². The molecule has 0 N–H and O–H groups in total. The van der Waals surface area contributed by atoms with Crippen molar-refractivity contribution >= 4 is 21.8 Å². The lowest BCUT2D eigenvalue weighted by molar-refractivity contribution is -0.148. The van der Waals surface area contributed by atoms with Crippen molar-refractivity contribution in [2.75, 3.05) is 25.1 Å². The molecule has 92 valence electrons. The standard InChI is InChI=1S/C12H20BrNO2/c1-12(4-2-3-5-12)11(15)14-6-7-16-9-10(14)8-13/h10H,2-9H2,1H3. The molecule has 2 rings (SSSR count). The molecule has 1 heterocycles. The van der Waals surface area contributed by atoms with Gasteiger partial charge in [-0.05, 0) is 12.8 Å². The molecule has 0 bridgehead atoms. The number of carbonyl (C=O) groups excluding carboxylic acids is 1. The molecule has 2 fully saturated rings. The van der Waals surface area contributed by atoms with Crippen LogP contribution in [0, 0.1) is 5.41 Å². The van der Waals surface area contributed by atoms with Crippen LogP contribution in [0.1, 0.15) is 32.6 Å². The summed E-state index contributed by atoms with van der Waals surface area (Å²) in [4.78, 5) is 14.6. The number of ether oxygens (including phenoxy) is 1. The summed E-state index contributed by atoms with van der Waals surface area (Å²) >= 11 is 3.47. The second-order valence-corrected chi connectivity index (χ2v) is 5.80. The monoisotopic (exact) mass is 289 g/mol. The van der Waals surface area contributed by atoms with Crippen molar-refractivity contribution in [1.29, 1.82) is 0 Å². The summed E-state index contributed by atoms with van der Waals surface area (Å²) in [6.07, 6.45) is 4.51. The molecule has 4 heteroatoms. The number of carbonyl (C=O) groups is 1. The van der Waals surface area contributed by atoms with Crippen molar-refractivity contribution in [1.82, 2.24) is 4.90 Å². The Balaban J connectivity index is 2.07. The lowest BCUT2D eigenvalue weighted by Gasteiger charge is -2.39. The molecule has 1 saturated heterocycles. The van der Waals surface area contributed by atoms with Crippen molar-refractivity contribution in [2.45, 2.75) is 38.6 Å². The smallest absolute Gasteiger partial charge is 0.228 e. The van der Waals surface area contributed by atoms with Gasteiger partial charge in [-0.1, -0.05) is 35.7 Å². The SMILES string of the molecule is CC1(C(=O)N2CCOCC2CBr)CCCC1. The summed E-state index contributed by atoms with van der Waals surface area (Å²) in [6.45, 7) is 4.24. The van der Waals surface area contributed by atoms with Gasteiger partial charge in [0.25, 0.3) is 0 Å². The first-order valence-corrected chi connectivity index (χ1v) is 7.24. The molecule has 1 saturated carbocycles. The Morgan fingerprint density at radius 1 is 1.50 bits per heavy atom. The van der Waals surface area contributed by atoms with Crippen LogP contribution in [0.4, 0.5) is 0 Å². The second-order valence-electron chi connectivity index (χ2n) is 5.15. The topological polar surface area (TPSA) is 29.5 Å². The fourth-order valence-corrected chi connectivity index (χ4v) is 3.30. The lowest BCUT2D eigenvalue weighted by atomic mass is 9.86. The Morgan fingerprint density at radius 2 is 2.19 bits per heavy atom. The zero-order valence-corrected chi connectivity index (χ0v) is 11.5. The van der Waals surface area contributed by atoms with Gasteiger partial charge < -0.3 is 9.64 Å². The maximum absolute atomic E-state index is 12.5. The second kappa shape index (κ2) is 5.05. The maximum atomic E-state index is 12.5. The van der Waals surface area contributed by atoms with Crippen LogP contribution in [0.5, 0.6) is 0 Å². The van der Waals surface area contributed by atoms with E-state index in [1.165, 1.54) is 12.8 Å². The minimum Gasteiger partial charge on any atom is -0.377 e. The highest BCUT2D eigenvalue weighted by molar-refractivity contribution is 9.09. The number of morpholine rings is 1. The minimum absolute atomic E-state index is 0.0994. The molecular weight excluding hydrogens is 270 g/mol. The molecule has 0 aromatic heterocycles. The minimum atomic E-state index is -0.0994. The van der Waals surface area contributed by atoms with Gasteiger partial charge in [0.2, 0.25) is 5.91 Å². The van der Waals surface area contributed by atoms with E-state index in [-0.39, 0.29) is 11.5 Å². The van der Waals surface area contributed by atoms with E-state index >= 15 is 0 Å². The number of halogens is 1. The van der Waals surface area contributed by atoms with Gasteiger partial charge in [0.1, 0.15) is 0 Å². The van der Waals surface area contributed by atoms with E-state index < -0.39 is 0 Å². The molecule has 1 atom stereocenters. The quantitative estimate of drug-likeness (QED) is 0.730. The summed E-state index contributed by atoms with van der Waals surface area (Å²) in [5, 5.41) is 0.814. The van der Waals surface area contributed by atoms with Crippen LogP contribution in [0.3, 0.4) is 0 Å². The average Bonchev–Trinajstić information content (AvgIpc) is 2.76. The van der Waals surface area contributed by atoms with Crippen LogP contribution < -0.4 is 0 Å². The van der Waals surface area contributed by atoms with Gasteiger partial charge in [-0.25, -0.2) is 0 Å². The normalized spacial score (nSPS) is 29.4. The molecule has 16 heavy (non-hydrogen) atoms. The Kier molecular flexibility index (Phi) is 3.90. The molecule has 0 radical (unpaired) electrons. The molecule has 1 aliphatic carbocycles. The Hall–Kier alpha value is -0.0900. The molecule has 1 unspecified atom stereocenters. The fraction of sp³-hybridized carbons (Fsp3) is 0.917. The average molecular weight is 290 g/mol. The van der Waals surface area contributed by atoms with E-state index in [9.17, 15) is 4.79 Å². The van der Waals surface area contributed by atoms with Gasteiger partial charge in [-0.3, -0.25) is 4.79 Å². The van der Waals surface area contributed by atoms with Gasteiger partial charge >= 0.3 is 0 Å². The molecule has 3 nitrogen and oxygen atoms in total. The van der Waals surface area contributed by atoms with E-state index in [0.717, 1.165) is 24.7 Å². The van der Waals surface area contributed by atoms with Crippen LogP contribution >= 0.6 is 15.9 Å². The number of amides is 1. The first-order valence-electron chi connectivity index (χ1n) is 6.12. The number of rotatable bonds is 2. The molecule has 2 aliphatic rings. The lowest BCUT2D eigenvalue weighted by Crippen LogP contribution is -2.53. The molecule has 0 aromatic rings. The highest BCUT2D eigenvalue weighted by Crippen LogP contribution is 2.39. The maximum Gasteiger partial charge on any atom is 0.228 e. The van der Waals surface area contributed by atoms with Crippen LogP contribution in [0.25, 0.3) is 0 Å². The third-order valence-corrected chi connectivity index (χ3v) is 4.64. The Morgan fingerprint density at radius 3 is 2.81 bits per heavy atom. The largest absolute Gasteiger partial charge is 0.377 e. The zero-order valence-electron chi connectivity index (χ0n) is 9.88. The van der Waals surface area contributed by atoms with E-state index in [1.807, 2.05) is 4.90 Å². The van der Waals surface area contributed by atoms with Gasteiger partial charge in [-0.2, -0.15) is 0 Å². The molecule has 1 aliphatic heterocycles. The Bertz CT molecular complexity index is 264. The van der Waals surface area contributed by atoms with E-state index in [0.29, 0.717) is 19.1 Å². The van der Waals surface area contributed by atoms with E-state index in [2.05, 4.69) is 22.9 Å². The third-order valence-electron chi connectivity index (χ3n) is 3.89. The summed E-state index contributed by atoms with van der Waals surface area (Å²) in [5.74, 6) is 0.345. The number of hydrogen-bond acceptors (Lipinski definition) is 2. The van der Waals surface area contributed by atoms with Gasteiger partial charge in [0, 0.05) is 17.3 Å². The molecular formula is C12H20BrNO2. The first-order chi connectivity index (χ1) is 7.67. The zero-order chi connectivity index (χ0) is 11.6. The molecule has 0 aromatic carbocycles. The van der Waals surface area contributed by atoms with Gasteiger partial charge in [0.15, 0.2) is 0 Å². The van der Waals surface area contributed by atoms with Gasteiger partial charge in [0.05, 0.1) is 19.3 Å². The van der Waals surface area contributed by atoms with Crippen LogP contribution in [-0.4, -0.2) is 41.9 Å². The number of hydrogen-bond donors (Lipinski definition) is 0. The highest BCUT2D eigenvalue weighted by atomic mass is 79.9. The van der Waals surface area contributed by atoms with Crippen molar-refractivity contribution in [2.24, 2.45) is 5.41 Å². The predicted molar refractivity (Wildman–Crippen MR) is 66.7 cm³/mol. The van der Waals surface area contributed by atoms with Crippen molar-refractivity contribution in [3.8, 4) is 0 Å². The highest BCUT2D eigenvalue weighted by Gasteiger charge is 2.41. The number of nitrogens with zero attached hydrogens (tertiary/aromatic N) is 1. The number of alkyl halides is 1. The van der Waals surface area contributed by atoms with Crippen LogP contribution in [0.2, 0.25) is 0 Å². The first kappa shape index (κ1) is 12.4.